The topological polar surface area (TPSA) is 73.3 Å². The maximum Gasteiger partial charge on any atom is 0.282 e. The van der Waals surface area contributed by atoms with Gasteiger partial charge in [0, 0.05) is 11.8 Å². The van der Waals surface area contributed by atoms with Gasteiger partial charge in [-0.3, -0.25) is 4.79 Å². The van der Waals surface area contributed by atoms with E-state index in [4.69, 9.17) is 10.2 Å². The van der Waals surface area contributed by atoms with Crippen LogP contribution in [0.3, 0.4) is 0 Å². The SMILES string of the molecule is O=c1c(CO)c[nH]c(C(F)F)c1O. The first-order chi connectivity index (χ1) is 6.07. The minimum Gasteiger partial charge on any atom is -0.503 e. The number of H-pyrrole nitrogens is 1. The smallest absolute Gasteiger partial charge is 0.282 e. The molecule has 1 aromatic rings. The van der Waals surface area contributed by atoms with Gasteiger partial charge in [-0.15, -0.1) is 0 Å². The molecule has 72 valence electrons. The lowest BCUT2D eigenvalue weighted by Gasteiger charge is -2.03. The molecule has 0 amide bonds. The Morgan fingerprint density at radius 1 is 1.54 bits per heavy atom. The largest absolute Gasteiger partial charge is 0.503 e. The van der Waals surface area contributed by atoms with E-state index in [1.165, 1.54) is 0 Å². The van der Waals surface area contributed by atoms with Crippen LogP contribution >= 0.6 is 0 Å². The van der Waals surface area contributed by atoms with Crippen molar-refractivity contribution >= 4 is 0 Å². The zero-order valence-corrected chi connectivity index (χ0v) is 6.42. The second-order valence-corrected chi connectivity index (χ2v) is 2.36. The molecule has 1 heterocycles. The van der Waals surface area contributed by atoms with Crippen molar-refractivity contribution in [2.45, 2.75) is 13.0 Å². The molecule has 3 N–H and O–H groups in total. The summed E-state index contributed by atoms with van der Waals surface area (Å²) in [5, 5.41) is 17.5. The molecule has 0 unspecified atom stereocenters. The fourth-order valence-corrected chi connectivity index (χ4v) is 0.857. The highest BCUT2D eigenvalue weighted by Crippen LogP contribution is 2.22. The van der Waals surface area contributed by atoms with E-state index in [0.29, 0.717) is 0 Å². The van der Waals surface area contributed by atoms with E-state index in [1.54, 1.807) is 0 Å². The van der Waals surface area contributed by atoms with Crippen LogP contribution in [-0.4, -0.2) is 15.2 Å². The number of nitrogens with one attached hydrogen (secondary N) is 1. The molecule has 0 saturated carbocycles. The first kappa shape index (κ1) is 9.66. The van der Waals surface area contributed by atoms with Crippen molar-refractivity contribution in [3.63, 3.8) is 0 Å². The second-order valence-electron chi connectivity index (χ2n) is 2.36. The molecule has 0 fully saturated rings. The Morgan fingerprint density at radius 2 is 2.15 bits per heavy atom. The van der Waals surface area contributed by atoms with E-state index in [-0.39, 0.29) is 5.56 Å². The van der Waals surface area contributed by atoms with Gasteiger partial charge in [-0.05, 0) is 0 Å². The molecule has 0 aliphatic rings. The molecule has 1 aromatic heterocycles. The van der Waals surface area contributed by atoms with Crippen LogP contribution in [0.5, 0.6) is 5.75 Å². The molecule has 0 bridgehead atoms. The number of hydrogen-bond acceptors (Lipinski definition) is 3. The molecule has 4 nitrogen and oxygen atoms in total. The lowest BCUT2D eigenvalue weighted by Crippen LogP contribution is -2.11. The number of aromatic hydroxyl groups is 1. The lowest BCUT2D eigenvalue weighted by molar-refractivity contribution is 0.141. The van der Waals surface area contributed by atoms with Crippen LogP contribution in [0.2, 0.25) is 0 Å². The van der Waals surface area contributed by atoms with Gasteiger partial charge >= 0.3 is 0 Å². The number of halogens is 2. The van der Waals surface area contributed by atoms with Crippen molar-refractivity contribution < 1.29 is 19.0 Å². The normalized spacial score (nSPS) is 10.8. The van der Waals surface area contributed by atoms with E-state index in [9.17, 15) is 13.6 Å². The van der Waals surface area contributed by atoms with Crippen molar-refractivity contribution in [2.75, 3.05) is 0 Å². The summed E-state index contributed by atoms with van der Waals surface area (Å²) in [6.45, 7) is -0.605. The summed E-state index contributed by atoms with van der Waals surface area (Å²) in [5.74, 6) is -1.04. The molecule has 0 aromatic carbocycles. The third-order valence-corrected chi connectivity index (χ3v) is 1.55. The monoisotopic (exact) mass is 191 g/mol. The summed E-state index contributed by atoms with van der Waals surface area (Å²) >= 11 is 0. The number of alkyl halides is 2. The third-order valence-electron chi connectivity index (χ3n) is 1.55. The Morgan fingerprint density at radius 3 is 2.62 bits per heavy atom. The second kappa shape index (κ2) is 3.53. The van der Waals surface area contributed by atoms with Gasteiger partial charge in [-0.1, -0.05) is 0 Å². The van der Waals surface area contributed by atoms with E-state index in [1.807, 2.05) is 4.98 Å². The zero-order valence-electron chi connectivity index (χ0n) is 6.42. The first-order valence-corrected chi connectivity index (χ1v) is 3.40. The summed E-state index contributed by atoms with van der Waals surface area (Å²) in [4.78, 5) is 13.0. The fraction of sp³-hybridized carbons (Fsp3) is 0.286. The highest BCUT2D eigenvalue weighted by molar-refractivity contribution is 5.30. The van der Waals surface area contributed by atoms with Crippen LogP contribution in [-0.2, 0) is 6.61 Å². The van der Waals surface area contributed by atoms with Gasteiger partial charge in [0.2, 0.25) is 5.43 Å². The molecule has 0 aliphatic carbocycles. The van der Waals surface area contributed by atoms with Crippen molar-refractivity contribution in [3.8, 4) is 5.75 Å². The van der Waals surface area contributed by atoms with Crippen molar-refractivity contribution in [1.29, 1.82) is 0 Å². The molecule has 0 spiro atoms. The van der Waals surface area contributed by atoms with Gasteiger partial charge in [-0.2, -0.15) is 0 Å². The summed E-state index contributed by atoms with van der Waals surface area (Å²) in [7, 11) is 0. The summed E-state index contributed by atoms with van der Waals surface area (Å²) in [6.07, 6.45) is -2.00. The molecule has 1 rings (SSSR count). The Bertz CT molecular complexity index is 361. The van der Waals surface area contributed by atoms with E-state index < -0.39 is 29.9 Å². The molecule has 13 heavy (non-hydrogen) atoms. The van der Waals surface area contributed by atoms with Crippen LogP contribution in [0.4, 0.5) is 8.78 Å². The first-order valence-electron chi connectivity index (χ1n) is 3.40. The van der Waals surface area contributed by atoms with Crippen molar-refractivity contribution in [3.05, 3.63) is 27.7 Å². The number of rotatable bonds is 2. The summed E-state index contributed by atoms with van der Waals surface area (Å²) in [5.41, 5.74) is -1.96. The summed E-state index contributed by atoms with van der Waals surface area (Å²) in [6, 6.07) is 0. The molecular weight excluding hydrogens is 184 g/mol. The van der Waals surface area contributed by atoms with Crippen LogP contribution in [0.1, 0.15) is 17.7 Å². The Balaban J connectivity index is 3.32. The quantitative estimate of drug-likeness (QED) is 0.637. The summed E-state index contributed by atoms with van der Waals surface area (Å²) < 4.78 is 24.1. The number of hydrogen-bond donors (Lipinski definition) is 3. The predicted molar refractivity (Wildman–Crippen MR) is 39.6 cm³/mol. The van der Waals surface area contributed by atoms with Gasteiger partial charge in [0.25, 0.3) is 6.43 Å². The fourth-order valence-electron chi connectivity index (χ4n) is 0.857. The van der Waals surface area contributed by atoms with Gasteiger partial charge in [0.15, 0.2) is 5.75 Å². The Hall–Kier alpha value is -1.43. The predicted octanol–water partition coefficient (Wildman–Crippen LogP) is 0.510. The number of pyridine rings is 1. The number of aromatic nitrogens is 1. The maximum atomic E-state index is 12.1. The minimum atomic E-state index is -2.94. The van der Waals surface area contributed by atoms with E-state index >= 15 is 0 Å². The standard InChI is InChI=1S/C7H7F2NO3/c8-7(9)4-6(13)5(12)3(2-11)1-10-4/h1,7,11,13H,2H2,(H,10,12). The molecule has 0 radical (unpaired) electrons. The number of aromatic amines is 1. The van der Waals surface area contributed by atoms with Gasteiger partial charge < -0.3 is 15.2 Å². The van der Waals surface area contributed by atoms with Crippen LogP contribution in [0.25, 0.3) is 0 Å². The number of aliphatic hydroxyl groups excluding tert-OH is 1. The number of aliphatic hydroxyl groups is 1. The minimum absolute atomic E-state index is 0.151. The molecule has 0 saturated heterocycles. The van der Waals surface area contributed by atoms with Crippen molar-refractivity contribution in [2.24, 2.45) is 0 Å². The van der Waals surface area contributed by atoms with Crippen LogP contribution in [0.15, 0.2) is 11.0 Å². The van der Waals surface area contributed by atoms with E-state index in [0.717, 1.165) is 6.20 Å². The highest BCUT2D eigenvalue weighted by atomic mass is 19.3. The molecule has 0 atom stereocenters. The third kappa shape index (κ3) is 1.67. The molecule has 0 aliphatic heterocycles. The van der Waals surface area contributed by atoms with Crippen LogP contribution < -0.4 is 5.43 Å². The van der Waals surface area contributed by atoms with Gasteiger partial charge in [0.05, 0.1) is 6.61 Å². The van der Waals surface area contributed by atoms with Crippen LogP contribution in [0, 0.1) is 0 Å². The zero-order chi connectivity index (χ0) is 10.0. The highest BCUT2D eigenvalue weighted by Gasteiger charge is 2.17. The van der Waals surface area contributed by atoms with E-state index in [2.05, 4.69) is 0 Å². The van der Waals surface area contributed by atoms with Gasteiger partial charge in [0.1, 0.15) is 5.69 Å². The lowest BCUT2D eigenvalue weighted by atomic mass is 10.2. The van der Waals surface area contributed by atoms with Gasteiger partial charge in [-0.25, -0.2) is 8.78 Å². The Labute approximate surface area is 71.5 Å². The maximum absolute atomic E-state index is 12.1. The Kier molecular flexibility index (Phi) is 2.62. The molecular formula is C7H7F2NO3. The molecule has 6 heteroatoms. The average Bonchev–Trinajstić information content (AvgIpc) is 2.09. The van der Waals surface area contributed by atoms with Crippen molar-refractivity contribution in [1.82, 2.24) is 4.98 Å². The average molecular weight is 191 g/mol.